The molecule has 0 aliphatic heterocycles. The molecule has 6 heteroatoms. The number of ether oxygens (including phenoxy) is 1. The molecule has 1 saturated carbocycles. The summed E-state index contributed by atoms with van der Waals surface area (Å²) >= 11 is 3.60. The minimum atomic E-state index is -1.82. The number of halogens is 1. The quantitative estimate of drug-likeness (QED) is 0.235. The van der Waals surface area contributed by atoms with E-state index in [2.05, 4.69) is 93.1 Å². The first kappa shape index (κ1) is 30.5. The van der Waals surface area contributed by atoms with Crippen molar-refractivity contribution in [2.24, 2.45) is 5.92 Å². The molecule has 0 aromatic heterocycles. The minimum Gasteiger partial charge on any atom is -0.496 e. The van der Waals surface area contributed by atoms with Crippen LogP contribution < -0.4 is 9.64 Å². The van der Waals surface area contributed by atoms with Gasteiger partial charge in [-0.25, -0.2) is 0 Å². The van der Waals surface area contributed by atoms with Gasteiger partial charge in [0.2, 0.25) is 5.91 Å². The van der Waals surface area contributed by atoms with E-state index < -0.39 is 8.32 Å². The van der Waals surface area contributed by atoms with Crippen LogP contribution in [0.1, 0.15) is 57.6 Å². The highest BCUT2D eigenvalue weighted by Gasteiger charge is 2.40. The lowest BCUT2D eigenvalue weighted by molar-refractivity contribution is -0.124. The van der Waals surface area contributed by atoms with Crippen LogP contribution in [-0.4, -0.2) is 27.4 Å². The maximum absolute atomic E-state index is 14.0. The number of carbonyl (C=O) groups excluding carboxylic acids is 1. The lowest BCUT2D eigenvalue weighted by atomic mass is 9.86. The Kier molecular flexibility index (Phi) is 9.64. The van der Waals surface area contributed by atoms with Crippen molar-refractivity contribution < 1.29 is 14.0 Å². The molecule has 214 valence electrons. The average molecular weight is 623 g/mol. The van der Waals surface area contributed by atoms with Gasteiger partial charge in [-0.05, 0) is 103 Å². The van der Waals surface area contributed by atoms with Crippen LogP contribution in [0.25, 0.3) is 11.1 Å². The zero-order valence-electron chi connectivity index (χ0n) is 25.1. The van der Waals surface area contributed by atoms with Gasteiger partial charge in [0.05, 0.1) is 13.7 Å². The minimum absolute atomic E-state index is 0.0137. The molecule has 4 nitrogen and oxygen atoms in total. The summed E-state index contributed by atoms with van der Waals surface area (Å²) in [7, 11) is -0.119. The van der Waals surface area contributed by atoms with Crippen molar-refractivity contribution in [1.82, 2.24) is 0 Å². The summed E-state index contributed by atoms with van der Waals surface area (Å²) in [5, 5.41) is 0.193. The van der Waals surface area contributed by atoms with Crippen LogP contribution in [0.15, 0.2) is 71.2 Å². The molecule has 1 amide bonds. The zero-order valence-corrected chi connectivity index (χ0v) is 27.7. The molecule has 0 heterocycles. The van der Waals surface area contributed by atoms with Gasteiger partial charge < -0.3 is 14.1 Å². The molecule has 3 aromatic rings. The Balaban J connectivity index is 1.49. The molecule has 0 atom stereocenters. The van der Waals surface area contributed by atoms with Gasteiger partial charge in [-0.1, -0.05) is 73.1 Å². The van der Waals surface area contributed by atoms with Gasteiger partial charge in [0.25, 0.3) is 0 Å². The highest BCUT2D eigenvalue weighted by atomic mass is 79.9. The van der Waals surface area contributed by atoms with Gasteiger partial charge in [0.15, 0.2) is 8.32 Å². The van der Waals surface area contributed by atoms with Crippen molar-refractivity contribution >= 4 is 35.8 Å². The molecular formula is C34H44BrNO3Si. The van der Waals surface area contributed by atoms with E-state index in [1.54, 1.807) is 7.11 Å². The number of nitrogens with zero attached hydrogens (tertiary/aromatic N) is 1. The summed E-state index contributed by atoms with van der Waals surface area (Å²) in [5.41, 5.74) is 5.45. The Hall–Kier alpha value is -2.41. The number of benzene rings is 3. The van der Waals surface area contributed by atoms with E-state index in [1.807, 2.05) is 35.2 Å². The number of anilines is 1. The molecule has 3 aromatic carbocycles. The Morgan fingerprint density at radius 1 is 0.950 bits per heavy atom. The molecule has 40 heavy (non-hydrogen) atoms. The van der Waals surface area contributed by atoms with Crippen molar-refractivity contribution in [3.63, 3.8) is 0 Å². The molecule has 0 N–H and O–H groups in total. The van der Waals surface area contributed by atoms with Crippen LogP contribution in [-0.2, 0) is 15.8 Å². The molecule has 0 saturated heterocycles. The summed E-state index contributed by atoms with van der Waals surface area (Å²) in [6.45, 7) is 14.1. The zero-order chi connectivity index (χ0) is 29.1. The van der Waals surface area contributed by atoms with E-state index in [1.165, 1.54) is 0 Å². The van der Waals surface area contributed by atoms with Crippen molar-refractivity contribution in [2.45, 2.75) is 84.2 Å². The Morgan fingerprint density at radius 3 is 2.17 bits per heavy atom. The first-order valence-corrected chi connectivity index (χ1v) is 18.1. The van der Waals surface area contributed by atoms with Crippen LogP contribution in [0.4, 0.5) is 5.69 Å². The van der Waals surface area contributed by atoms with Crippen LogP contribution in [0, 0.1) is 12.8 Å². The van der Waals surface area contributed by atoms with Crippen molar-refractivity contribution in [1.29, 1.82) is 0 Å². The Bertz CT molecular complexity index is 1310. The first-order chi connectivity index (χ1) is 18.9. The summed E-state index contributed by atoms with van der Waals surface area (Å²) in [5.74, 6) is 1.11. The molecule has 0 radical (unpaired) electrons. The maximum Gasteiger partial charge on any atom is 0.230 e. The lowest BCUT2D eigenvalue weighted by Crippen LogP contribution is -2.45. The maximum atomic E-state index is 14.0. The number of rotatable bonds is 8. The molecule has 1 aliphatic carbocycles. The highest BCUT2D eigenvalue weighted by Crippen LogP contribution is 2.40. The summed E-state index contributed by atoms with van der Waals surface area (Å²) in [6.07, 6.45) is 3.91. The molecule has 0 bridgehead atoms. The summed E-state index contributed by atoms with van der Waals surface area (Å²) in [6, 6.07) is 22.9. The summed E-state index contributed by atoms with van der Waals surface area (Å²) in [4.78, 5) is 16.0. The van der Waals surface area contributed by atoms with Crippen LogP contribution in [0.5, 0.6) is 5.75 Å². The fraction of sp³-hybridized carbons (Fsp3) is 0.441. The highest BCUT2D eigenvalue weighted by molar-refractivity contribution is 9.10. The molecule has 1 aliphatic rings. The number of carbonyl (C=O) groups is 1. The second kappa shape index (κ2) is 12.6. The monoisotopic (exact) mass is 621 g/mol. The third-order valence-electron chi connectivity index (χ3n) is 8.70. The van der Waals surface area contributed by atoms with Gasteiger partial charge in [-0.15, -0.1) is 0 Å². The third-order valence-corrected chi connectivity index (χ3v) is 13.7. The van der Waals surface area contributed by atoms with Crippen LogP contribution in [0.3, 0.4) is 0 Å². The molecular weight excluding hydrogens is 578 g/mol. The number of amides is 1. The summed E-state index contributed by atoms with van der Waals surface area (Å²) < 4.78 is 13.1. The molecule has 0 unspecified atom stereocenters. The lowest BCUT2D eigenvalue weighted by Gasteiger charge is -2.41. The second-order valence-corrected chi connectivity index (χ2v) is 18.3. The van der Waals surface area contributed by atoms with Crippen LogP contribution >= 0.6 is 15.9 Å². The fourth-order valence-electron chi connectivity index (χ4n) is 5.23. The van der Waals surface area contributed by atoms with E-state index in [9.17, 15) is 4.79 Å². The molecule has 1 fully saturated rings. The normalized spacial score (nSPS) is 17.9. The van der Waals surface area contributed by atoms with Gasteiger partial charge in [0, 0.05) is 22.2 Å². The number of aryl methyl sites for hydroxylation is 1. The van der Waals surface area contributed by atoms with Crippen LogP contribution in [0.2, 0.25) is 18.1 Å². The second-order valence-electron chi connectivity index (χ2n) is 12.6. The van der Waals surface area contributed by atoms with Gasteiger partial charge in [0.1, 0.15) is 5.75 Å². The standard InChI is InChI=1S/C34H44BrNO3Si/c1-24-21-28(17-20-32(24)38-5)26-13-11-25(12-14-26)23-36(30-10-8-9-29(35)22-30)33(37)27-15-18-31(19-16-27)39-40(6,7)34(2,3)4/h8-14,17,20-22,27,31H,15-16,18-19,23H2,1-7H3. The SMILES string of the molecule is COc1ccc(-c2ccc(CN(C(=O)C3CCC(O[Si](C)(C)C(C)(C)C)CC3)c3cccc(Br)c3)cc2)cc1C. The number of hydrogen-bond donors (Lipinski definition) is 0. The van der Waals surface area contributed by atoms with Crippen molar-refractivity contribution in [3.8, 4) is 16.9 Å². The van der Waals surface area contributed by atoms with E-state index >= 15 is 0 Å². The largest absolute Gasteiger partial charge is 0.496 e. The van der Waals surface area contributed by atoms with Gasteiger partial charge in [-0.2, -0.15) is 0 Å². The van der Waals surface area contributed by atoms with Crippen molar-refractivity contribution in [2.75, 3.05) is 12.0 Å². The predicted octanol–water partition coefficient (Wildman–Crippen LogP) is 9.55. The van der Waals surface area contributed by atoms with E-state index in [-0.39, 0.29) is 23.0 Å². The van der Waals surface area contributed by atoms with E-state index in [0.29, 0.717) is 6.54 Å². The smallest absolute Gasteiger partial charge is 0.230 e. The first-order valence-electron chi connectivity index (χ1n) is 14.4. The third kappa shape index (κ3) is 7.26. The number of hydrogen-bond acceptors (Lipinski definition) is 3. The fourth-order valence-corrected chi connectivity index (χ4v) is 7.03. The topological polar surface area (TPSA) is 38.8 Å². The Morgan fingerprint density at radius 2 is 1.60 bits per heavy atom. The van der Waals surface area contributed by atoms with Gasteiger partial charge in [-0.3, -0.25) is 4.79 Å². The van der Waals surface area contributed by atoms with Gasteiger partial charge >= 0.3 is 0 Å². The van der Waals surface area contributed by atoms with E-state index in [4.69, 9.17) is 9.16 Å². The Labute approximate surface area is 250 Å². The predicted molar refractivity (Wildman–Crippen MR) is 173 cm³/mol. The number of methoxy groups -OCH3 is 1. The molecule has 0 spiro atoms. The van der Waals surface area contributed by atoms with Crippen molar-refractivity contribution in [3.05, 3.63) is 82.3 Å². The average Bonchev–Trinajstić information content (AvgIpc) is 2.91. The molecule has 4 rings (SSSR count). The van der Waals surface area contributed by atoms with E-state index in [0.717, 1.165) is 63.8 Å².